The fourth-order valence-electron chi connectivity index (χ4n) is 4.66. The Morgan fingerprint density at radius 1 is 1.00 bits per heavy atom. The Morgan fingerprint density at radius 3 is 2.37 bits per heavy atom. The van der Waals surface area contributed by atoms with Gasteiger partial charge in [-0.3, -0.25) is 9.59 Å². The number of amides is 2. The van der Waals surface area contributed by atoms with Gasteiger partial charge in [0.1, 0.15) is 0 Å². The maximum atomic E-state index is 12.7. The number of ether oxygens (including phenoxy) is 2. The van der Waals surface area contributed by atoms with Crippen molar-refractivity contribution in [2.45, 2.75) is 70.3 Å². The van der Waals surface area contributed by atoms with E-state index in [4.69, 9.17) is 9.47 Å². The van der Waals surface area contributed by atoms with Crippen molar-refractivity contribution in [1.82, 2.24) is 10.2 Å². The fourth-order valence-corrected chi connectivity index (χ4v) is 4.66. The topological polar surface area (TPSA) is 67.9 Å². The summed E-state index contributed by atoms with van der Waals surface area (Å²) in [4.78, 5) is 26.9. The summed E-state index contributed by atoms with van der Waals surface area (Å²) in [6.07, 6.45) is 10.2. The van der Waals surface area contributed by atoms with E-state index >= 15 is 0 Å². The van der Waals surface area contributed by atoms with Gasteiger partial charge in [-0.2, -0.15) is 0 Å². The van der Waals surface area contributed by atoms with Crippen LogP contribution in [0.15, 0.2) is 18.2 Å². The number of piperidine rings is 1. The molecule has 166 valence electrons. The highest BCUT2D eigenvalue weighted by molar-refractivity contribution is 5.79. The van der Waals surface area contributed by atoms with Gasteiger partial charge in [0.15, 0.2) is 11.5 Å². The molecule has 1 aromatic carbocycles. The Hall–Kier alpha value is -2.24. The van der Waals surface area contributed by atoms with Gasteiger partial charge in [-0.15, -0.1) is 0 Å². The van der Waals surface area contributed by atoms with Crippen molar-refractivity contribution >= 4 is 11.8 Å². The van der Waals surface area contributed by atoms with E-state index in [0.717, 1.165) is 30.7 Å². The van der Waals surface area contributed by atoms with Crippen LogP contribution < -0.4 is 14.8 Å². The monoisotopic (exact) mass is 416 g/mol. The molecule has 6 heteroatoms. The summed E-state index contributed by atoms with van der Waals surface area (Å²) in [7, 11) is 3.19. The summed E-state index contributed by atoms with van der Waals surface area (Å²) in [5.74, 6) is 2.33. The molecule has 0 spiro atoms. The zero-order chi connectivity index (χ0) is 21.3. The zero-order valence-electron chi connectivity index (χ0n) is 18.5. The lowest BCUT2D eigenvalue weighted by Crippen LogP contribution is -2.47. The Labute approximate surface area is 180 Å². The van der Waals surface area contributed by atoms with Crippen molar-refractivity contribution in [1.29, 1.82) is 0 Å². The van der Waals surface area contributed by atoms with Gasteiger partial charge in [0.05, 0.1) is 20.6 Å². The van der Waals surface area contributed by atoms with E-state index in [0.29, 0.717) is 37.4 Å². The molecule has 2 fully saturated rings. The number of likely N-dealkylation sites (tertiary alicyclic amines) is 1. The van der Waals surface area contributed by atoms with E-state index in [1.54, 1.807) is 14.2 Å². The van der Waals surface area contributed by atoms with E-state index < -0.39 is 0 Å². The predicted octanol–water partition coefficient (Wildman–Crippen LogP) is 3.71. The molecular weight excluding hydrogens is 380 g/mol. The van der Waals surface area contributed by atoms with Crippen molar-refractivity contribution in [3.8, 4) is 11.5 Å². The summed E-state index contributed by atoms with van der Waals surface area (Å²) in [6, 6.07) is 5.78. The molecular formula is C24H36N2O4. The number of nitrogens with one attached hydrogen (secondary N) is 1. The summed E-state index contributed by atoms with van der Waals surface area (Å²) < 4.78 is 10.6. The average Bonchev–Trinajstić information content (AvgIpc) is 2.78. The lowest BCUT2D eigenvalue weighted by atomic mass is 9.86. The van der Waals surface area contributed by atoms with Gasteiger partial charge >= 0.3 is 0 Å². The number of rotatable bonds is 8. The highest BCUT2D eigenvalue weighted by atomic mass is 16.5. The molecule has 1 aliphatic heterocycles. The van der Waals surface area contributed by atoms with Crippen LogP contribution in [0.3, 0.4) is 0 Å². The second kappa shape index (κ2) is 11.2. The van der Waals surface area contributed by atoms with Gasteiger partial charge < -0.3 is 19.7 Å². The number of nitrogens with zero attached hydrogens (tertiary/aromatic N) is 1. The molecule has 1 aromatic rings. The minimum absolute atomic E-state index is 0.115. The van der Waals surface area contributed by atoms with Crippen LogP contribution in [0.1, 0.15) is 63.4 Å². The smallest absolute Gasteiger partial charge is 0.226 e. The van der Waals surface area contributed by atoms with E-state index in [-0.39, 0.29) is 17.9 Å². The van der Waals surface area contributed by atoms with Gasteiger partial charge in [-0.05, 0) is 42.9 Å². The first-order valence-electron chi connectivity index (χ1n) is 11.4. The molecule has 0 radical (unpaired) electrons. The number of methoxy groups -OCH3 is 2. The van der Waals surface area contributed by atoms with Crippen molar-refractivity contribution in [2.75, 3.05) is 27.3 Å². The van der Waals surface area contributed by atoms with Crippen LogP contribution >= 0.6 is 0 Å². The third-order valence-corrected chi connectivity index (χ3v) is 6.52. The van der Waals surface area contributed by atoms with Crippen LogP contribution in [-0.4, -0.2) is 50.1 Å². The SMILES string of the molecule is COc1ccc(CC(=O)N2CCC(NC(=O)CCC3CCCCC3)CC2)cc1OC. The molecule has 3 rings (SSSR count). The Bertz CT molecular complexity index is 707. The molecule has 0 bridgehead atoms. The largest absolute Gasteiger partial charge is 0.493 e. The molecule has 0 atom stereocenters. The quantitative estimate of drug-likeness (QED) is 0.701. The van der Waals surface area contributed by atoms with E-state index in [9.17, 15) is 9.59 Å². The van der Waals surface area contributed by atoms with Gasteiger partial charge in [0.25, 0.3) is 0 Å². The first-order chi connectivity index (χ1) is 14.6. The highest BCUT2D eigenvalue weighted by Crippen LogP contribution is 2.28. The number of hydrogen-bond acceptors (Lipinski definition) is 4. The molecule has 30 heavy (non-hydrogen) atoms. The lowest BCUT2D eigenvalue weighted by molar-refractivity contribution is -0.131. The maximum Gasteiger partial charge on any atom is 0.226 e. The lowest BCUT2D eigenvalue weighted by Gasteiger charge is -2.32. The van der Waals surface area contributed by atoms with Gasteiger partial charge in [0, 0.05) is 25.6 Å². The van der Waals surface area contributed by atoms with Crippen LogP contribution in [0.25, 0.3) is 0 Å². The van der Waals surface area contributed by atoms with Crippen molar-refractivity contribution in [2.24, 2.45) is 5.92 Å². The Kier molecular flexibility index (Phi) is 8.40. The van der Waals surface area contributed by atoms with Crippen molar-refractivity contribution in [3.05, 3.63) is 23.8 Å². The molecule has 1 N–H and O–H groups in total. The van der Waals surface area contributed by atoms with Crippen LogP contribution in [0.4, 0.5) is 0 Å². The number of hydrogen-bond donors (Lipinski definition) is 1. The third-order valence-electron chi connectivity index (χ3n) is 6.52. The molecule has 6 nitrogen and oxygen atoms in total. The average molecular weight is 417 g/mol. The molecule has 1 aliphatic carbocycles. The van der Waals surface area contributed by atoms with Crippen LogP contribution in [0.5, 0.6) is 11.5 Å². The zero-order valence-corrected chi connectivity index (χ0v) is 18.5. The second-order valence-electron chi connectivity index (χ2n) is 8.63. The van der Waals surface area contributed by atoms with Gasteiger partial charge in [-0.1, -0.05) is 38.2 Å². The van der Waals surface area contributed by atoms with Crippen LogP contribution in [0, 0.1) is 5.92 Å². The third kappa shape index (κ3) is 6.38. The molecule has 1 saturated carbocycles. The minimum Gasteiger partial charge on any atom is -0.493 e. The van der Waals surface area contributed by atoms with Crippen LogP contribution in [0.2, 0.25) is 0 Å². The predicted molar refractivity (Wildman–Crippen MR) is 117 cm³/mol. The van der Waals surface area contributed by atoms with Crippen molar-refractivity contribution < 1.29 is 19.1 Å². The number of carbonyl (C=O) groups is 2. The molecule has 2 aliphatic rings. The molecule has 1 heterocycles. The summed E-state index contributed by atoms with van der Waals surface area (Å²) in [5, 5.41) is 3.19. The van der Waals surface area contributed by atoms with Crippen LogP contribution in [-0.2, 0) is 16.0 Å². The maximum absolute atomic E-state index is 12.7. The highest BCUT2D eigenvalue weighted by Gasteiger charge is 2.24. The second-order valence-corrected chi connectivity index (χ2v) is 8.63. The molecule has 0 aromatic heterocycles. The molecule has 1 saturated heterocycles. The number of benzene rings is 1. The first kappa shape index (κ1) is 22.4. The van der Waals surface area contributed by atoms with Gasteiger partial charge in [-0.25, -0.2) is 0 Å². The van der Waals surface area contributed by atoms with Gasteiger partial charge in [0.2, 0.25) is 11.8 Å². The Balaban J connectivity index is 1.39. The van der Waals surface area contributed by atoms with E-state index in [1.807, 2.05) is 23.1 Å². The van der Waals surface area contributed by atoms with E-state index in [2.05, 4.69) is 5.32 Å². The number of carbonyl (C=O) groups excluding carboxylic acids is 2. The Morgan fingerprint density at radius 2 is 1.70 bits per heavy atom. The molecule has 2 amide bonds. The van der Waals surface area contributed by atoms with E-state index in [1.165, 1.54) is 32.1 Å². The minimum atomic E-state index is 0.115. The van der Waals surface area contributed by atoms with Crippen molar-refractivity contribution in [3.63, 3.8) is 0 Å². The first-order valence-corrected chi connectivity index (χ1v) is 11.4. The summed E-state index contributed by atoms with van der Waals surface area (Å²) in [6.45, 7) is 1.39. The molecule has 0 unspecified atom stereocenters. The summed E-state index contributed by atoms with van der Waals surface area (Å²) in [5.41, 5.74) is 0.913. The fraction of sp³-hybridized carbons (Fsp3) is 0.667. The normalized spacial score (nSPS) is 18.1. The standard InChI is InChI=1S/C24H36N2O4/c1-29-21-10-8-19(16-22(21)30-2)17-24(28)26-14-12-20(13-15-26)25-23(27)11-9-18-6-4-3-5-7-18/h8,10,16,18,20H,3-7,9,11-15,17H2,1-2H3,(H,25,27). The summed E-state index contributed by atoms with van der Waals surface area (Å²) >= 11 is 0.